The van der Waals surface area contributed by atoms with Gasteiger partial charge in [-0.05, 0) is 36.4 Å². The summed E-state index contributed by atoms with van der Waals surface area (Å²) in [5.41, 5.74) is 0.984. The summed E-state index contributed by atoms with van der Waals surface area (Å²) in [5.74, 6) is 0.395. The third kappa shape index (κ3) is 5.17. The van der Waals surface area contributed by atoms with Crippen LogP contribution in [0.5, 0.6) is 11.5 Å². The number of amides is 2. The van der Waals surface area contributed by atoms with Crippen LogP contribution in [0.25, 0.3) is 0 Å². The van der Waals surface area contributed by atoms with Gasteiger partial charge in [0, 0.05) is 17.6 Å². The van der Waals surface area contributed by atoms with Crippen molar-refractivity contribution in [1.82, 2.24) is 0 Å². The van der Waals surface area contributed by atoms with Gasteiger partial charge in [-0.3, -0.25) is 9.59 Å². The van der Waals surface area contributed by atoms with Crippen LogP contribution in [0.15, 0.2) is 42.5 Å². The van der Waals surface area contributed by atoms with Gasteiger partial charge in [0.1, 0.15) is 11.5 Å². The second-order valence-electron chi connectivity index (χ2n) is 4.89. The number of nitrogens with one attached hydrogen (secondary N) is 2. The molecule has 0 bridgehead atoms. The molecular formula is C17H17ClN2O4. The third-order valence-electron chi connectivity index (χ3n) is 2.96. The zero-order chi connectivity index (χ0) is 17.5. The minimum atomic E-state index is -0.367. The van der Waals surface area contributed by atoms with Gasteiger partial charge < -0.3 is 20.1 Å². The summed E-state index contributed by atoms with van der Waals surface area (Å²) in [6.07, 6.45) is 0. The lowest BCUT2D eigenvalue weighted by Gasteiger charge is -2.13. The number of methoxy groups -OCH3 is 1. The molecule has 2 rings (SSSR count). The summed E-state index contributed by atoms with van der Waals surface area (Å²) in [6.45, 7) is 1.22. The highest BCUT2D eigenvalue weighted by Gasteiger charge is 2.10. The topological polar surface area (TPSA) is 76.7 Å². The molecule has 24 heavy (non-hydrogen) atoms. The first-order chi connectivity index (χ1) is 11.5. The van der Waals surface area contributed by atoms with E-state index in [0.717, 1.165) is 0 Å². The highest BCUT2D eigenvalue weighted by atomic mass is 35.5. The number of benzene rings is 2. The van der Waals surface area contributed by atoms with Crippen LogP contribution in [0, 0.1) is 0 Å². The number of rotatable bonds is 6. The van der Waals surface area contributed by atoms with Crippen molar-refractivity contribution in [2.24, 2.45) is 0 Å². The SMILES string of the molecule is COc1ccc(NC(C)=O)cc1NC(=O)COc1cccc(Cl)c1. The minimum Gasteiger partial charge on any atom is -0.495 e. The van der Waals surface area contributed by atoms with Gasteiger partial charge in [0.05, 0.1) is 12.8 Å². The van der Waals surface area contributed by atoms with Gasteiger partial charge in [0.15, 0.2) is 6.61 Å². The Morgan fingerprint density at radius 2 is 1.92 bits per heavy atom. The minimum absolute atomic E-state index is 0.187. The predicted octanol–water partition coefficient (Wildman–Crippen LogP) is 3.32. The molecule has 7 heteroatoms. The molecule has 2 N–H and O–H groups in total. The van der Waals surface area contributed by atoms with Crippen molar-refractivity contribution in [2.45, 2.75) is 6.92 Å². The van der Waals surface area contributed by atoms with Crippen LogP contribution in [-0.2, 0) is 9.59 Å². The summed E-state index contributed by atoms with van der Waals surface area (Å²) in [5, 5.41) is 5.85. The van der Waals surface area contributed by atoms with Gasteiger partial charge in [-0.2, -0.15) is 0 Å². The lowest BCUT2D eigenvalue weighted by molar-refractivity contribution is -0.118. The number of hydrogen-bond acceptors (Lipinski definition) is 4. The Bertz CT molecular complexity index is 749. The highest BCUT2D eigenvalue weighted by Crippen LogP contribution is 2.28. The highest BCUT2D eigenvalue weighted by molar-refractivity contribution is 6.30. The second-order valence-corrected chi connectivity index (χ2v) is 5.33. The maximum Gasteiger partial charge on any atom is 0.262 e. The van der Waals surface area contributed by atoms with E-state index in [0.29, 0.717) is 27.9 Å². The van der Waals surface area contributed by atoms with E-state index in [-0.39, 0.29) is 18.4 Å². The molecule has 0 aliphatic carbocycles. The first-order valence-corrected chi connectivity index (χ1v) is 7.49. The van der Waals surface area contributed by atoms with Gasteiger partial charge in [0.25, 0.3) is 5.91 Å². The van der Waals surface area contributed by atoms with E-state index in [1.54, 1.807) is 42.5 Å². The molecule has 2 aromatic carbocycles. The number of ether oxygens (including phenoxy) is 2. The molecule has 0 fully saturated rings. The zero-order valence-corrected chi connectivity index (χ0v) is 14.0. The first-order valence-electron chi connectivity index (χ1n) is 7.12. The molecule has 0 saturated carbocycles. The van der Waals surface area contributed by atoms with Crippen LogP contribution in [0.3, 0.4) is 0 Å². The molecule has 0 heterocycles. The number of hydrogen-bond donors (Lipinski definition) is 2. The van der Waals surface area contributed by atoms with E-state index in [2.05, 4.69) is 10.6 Å². The lowest BCUT2D eigenvalue weighted by Crippen LogP contribution is -2.20. The third-order valence-corrected chi connectivity index (χ3v) is 3.20. The van der Waals surface area contributed by atoms with E-state index in [4.69, 9.17) is 21.1 Å². The molecule has 0 aliphatic heterocycles. The number of carbonyl (C=O) groups excluding carboxylic acids is 2. The van der Waals surface area contributed by atoms with Gasteiger partial charge in [-0.1, -0.05) is 17.7 Å². The van der Waals surface area contributed by atoms with E-state index < -0.39 is 0 Å². The van der Waals surface area contributed by atoms with Crippen molar-refractivity contribution >= 4 is 34.8 Å². The molecule has 0 atom stereocenters. The predicted molar refractivity (Wildman–Crippen MR) is 92.9 cm³/mol. The monoisotopic (exact) mass is 348 g/mol. The largest absolute Gasteiger partial charge is 0.495 e. The van der Waals surface area contributed by atoms with Gasteiger partial charge in [-0.15, -0.1) is 0 Å². The fourth-order valence-corrected chi connectivity index (χ4v) is 2.16. The first kappa shape index (κ1) is 17.6. The summed E-state index contributed by atoms with van der Waals surface area (Å²) >= 11 is 5.86. The van der Waals surface area contributed by atoms with Crippen LogP contribution in [-0.4, -0.2) is 25.5 Å². The molecule has 0 unspecified atom stereocenters. The Hall–Kier alpha value is -2.73. The molecule has 0 aromatic heterocycles. The molecule has 0 saturated heterocycles. The van der Waals surface area contributed by atoms with Crippen LogP contribution in [0.2, 0.25) is 5.02 Å². The van der Waals surface area contributed by atoms with Crippen LogP contribution < -0.4 is 20.1 Å². The normalized spacial score (nSPS) is 9.96. The van der Waals surface area contributed by atoms with E-state index in [1.165, 1.54) is 14.0 Å². The maximum absolute atomic E-state index is 12.1. The quantitative estimate of drug-likeness (QED) is 0.839. The van der Waals surface area contributed by atoms with Crippen molar-refractivity contribution in [3.8, 4) is 11.5 Å². The van der Waals surface area contributed by atoms with Crippen molar-refractivity contribution in [2.75, 3.05) is 24.4 Å². The van der Waals surface area contributed by atoms with Crippen LogP contribution >= 0.6 is 11.6 Å². The standard InChI is InChI=1S/C17H17ClN2O4/c1-11(21)19-13-6-7-16(23-2)15(9-13)20-17(22)10-24-14-5-3-4-12(18)8-14/h3-9H,10H2,1-2H3,(H,19,21)(H,20,22). The van der Waals surface area contributed by atoms with Crippen molar-refractivity contribution in [1.29, 1.82) is 0 Å². The summed E-state index contributed by atoms with van der Waals surface area (Å²) in [6, 6.07) is 11.7. The van der Waals surface area contributed by atoms with Gasteiger partial charge >= 0.3 is 0 Å². The van der Waals surface area contributed by atoms with E-state index >= 15 is 0 Å². The smallest absolute Gasteiger partial charge is 0.262 e. The van der Waals surface area contributed by atoms with Crippen LogP contribution in [0.1, 0.15) is 6.92 Å². The molecule has 2 aromatic rings. The average molecular weight is 349 g/mol. The summed E-state index contributed by atoms with van der Waals surface area (Å²) < 4.78 is 10.6. The summed E-state index contributed by atoms with van der Waals surface area (Å²) in [7, 11) is 1.49. The average Bonchev–Trinajstić information content (AvgIpc) is 2.53. The van der Waals surface area contributed by atoms with Gasteiger partial charge in [-0.25, -0.2) is 0 Å². The fourth-order valence-electron chi connectivity index (χ4n) is 1.98. The summed E-state index contributed by atoms with van der Waals surface area (Å²) in [4.78, 5) is 23.2. The Morgan fingerprint density at radius 3 is 2.58 bits per heavy atom. The maximum atomic E-state index is 12.1. The van der Waals surface area contributed by atoms with E-state index in [9.17, 15) is 9.59 Å². The number of carbonyl (C=O) groups is 2. The molecule has 6 nitrogen and oxygen atoms in total. The lowest BCUT2D eigenvalue weighted by atomic mass is 10.2. The fraction of sp³-hybridized carbons (Fsp3) is 0.176. The molecule has 126 valence electrons. The molecule has 2 amide bonds. The van der Waals surface area contributed by atoms with Crippen molar-refractivity contribution in [3.05, 3.63) is 47.5 Å². The second kappa shape index (κ2) is 8.21. The van der Waals surface area contributed by atoms with Crippen LogP contribution in [0.4, 0.5) is 11.4 Å². The van der Waals surface area contributed by atoms with Gasteiger partial charge in [0.2, 0.25) is 5.91 Å². The molecular weight excluding hydrogens is 332 g/mol. The Labute approximate surface area is 144 Å². The number of anilines is 2. The Morgan fingerprint density at radius 1 is 1.12 bits per heavy atom. The molecule has 0 spiro atoms. The van der Waals surface area contributed by atoms with Crippen molar-refractivity contribution < 1.29 is 19.1 Å². The Balaban J connectivity index is 2.03. The Kier molecular flexibility index (Phi) is 6.03. The zero-order valence-electron chi connectivity index (χ0n) is 13.3. The molecule has 0 aliphatic rings. The van der Waals surface area contributed by atoms with Crippen molar-refractivity contribution in [3.63, 3.8) is 0 Å². The van der Waals surface area contributed by atoms with E-state index in [1.807, 2.05) is 0 Å². The molecule has 0 radical (unpaired) electrons. The number of halogens is 1.